The van der Waals surface area contributed by atoms with E-state index in [2.05, 4.69) is 328 Å². The fraction of sp³-hybridized carbons (Fsp3) is 0. The Bertz CT molecular complexity index is 6230. The quantitative estimate of drug-likeness (QED) is 0.137. The predicted octanol–water partition coefficient (Wildman–Crippen LogP) is 23.9. The van der Waals surface area contributed by atoms with Crippen LogP contribution in [-0.4, -0.2) is 33.2 Å². The summed E-state index contributed by atoms with van der Waals surface area (Å²) in [6, 6.07) is 132. The zero-order chi connectivity index (χ0) is 66.0. The molecule has 468 valence electrons. The summed E-state index contributed by atoms with van der Waals surface area (Å²) in [5, 5.41) is 9.96. The molecule has 100 heavy (non-hydrogen) atoms. The molecule has 0 saturated heterocycles. The van der Waals surface area contributed by atoms with Gasteiger partial charge >= 0.3 is 0 Å². The van der Waals surface area contributed by atoms with Crippen molar-refractivity contribution in [3.63, 3.8) is 0 Å². The highest BCUT2D eigenvalue weighted by atomic mass is 15.0. The average molecular weight is 1280 g/mol. The Kier molecular flexibility index (Phi) is 14.1. The molecule has 0 amide bonds. The Balaban J connectivity index is 0.000000139. The zero-order valence-electron chi connectivity index (χ0n) is 54.3. The van der Waals surface area contributed by atoms with Crippen LogP contribution in [0.1, 0.15) is 0 Å². The first-order chi connectivity index (χ1) is 49.6. The van der Waals surface area contributed by atoms with E-state index < -0.39 is 0 Å². The Morgan fingerprint density at radius 3 is 0.790 bits per heavy atom. The molecule has 7 nitrogen and oxygen atoms in total. The maximum Gasteiger partial charge on any atom is 0.164 e. The first-order valence-electron chi connectivity index (χ1n) is 34.0. The molecule has 0 aliphatic rings. The minimum absolute atomic E-state index is 0.639. The number of benzene rings is 15. The lowest BCUT2D eigenvalue weighted by molar-refractivity contribution is 1.07. The lowest BCUT2D eigenvalue weighted by atomic mass is 10.0. The maximum atomic E-state index is 4.95. The fourth-order valence-electron chi connectivity index (χ4n) is 15.0. The lowest BCUT2D eigenvalue weighted by Crippen LogP contribution is -2.00. The van der Waals surface area contributed by atoms with Crippen molar-refractivity contribution in [1.29, 1.82) is 0 Å². The van der Waals surface area contributed by atoms with Gasteiger partial charge in [-0.1, -0.05) is 249 Å². The van der Waals surface area contributed by atoms with Gasteiger partial charge in [0, 0.05) is 82.5 Å². The molecular weight excluding hydrogens is 1220 g/mol. The van der Waals surface area contributed by atoms with Crippen LogP contribution in [0.5, 0.6) is 0 Å². The number of hydrogen-bond donors (Lipinski definition) is 0. The highest BCUT2D eigenvalue weighted by Gasteiger charge is 2.21. The van der Waals surface area contributed by atoms with Gasteiger partial charge in [-0.15, -0.1) is 0 Å². The summed E-state index contributed by atoms with van der Waals surface area (Å²) < 4.78 is 9.56. The van der Waals surface area contributed by atoms with E-state index in [1.165, 1.54) is 110 Å². The molecule has 0 fully saturated rings. The number of hydrogen-bond acceptors (Lipinski definition) is 3. The van der Waals surface area contributed by atoms with Crippen LogP contribution < -0.4 is 0 Å². The normalized spacial score (nSPS) is 11.6. The molecule has 15 aromatic carbocycles. The molecule has 0 aliphatic carbocycles. The summed E-state index contributed by atoms with van der Waals surface area (Å²) in [6.07, 6.45) is 0. The monoisotopic (exact) mass is 1280 g/mol. The van der Waals surface area contributed by atoms with E-state index >= 15 is 0 Å². The Morgan fingerprint density at radius 2 is 0.400 bits per heavy atom. The van der Waals surface area contributed by atoms with Crippen LogP contribution in [0.15, 0.2) is 370 Å². The second-order valence-corrected chi connectivity index (χ2v) is 25.5. The van der Waals surface area contributed by atoms with Gasteiger partial charge < -0.3 is 18.3 Å². The second kappa shape index (κ2) is 24.3. The molecule has 0 radical (unpaired) electrons. The SMILES string of the molecule is c1ccc(-c2cccc(-n3c4ccccc4c4cc(-c5ccc6c(c5)c5ccccc5n6-c5cccc(-c6ccccc6)c5)ccc43)c2)cc1.c1ccc(-c2nc(-c3ccccc3)nc(-c3ccc(-n4c5ccccc5c5cc6c7ccccc7n(-c7ccccc7)c6cc54)cc3)n2)cc1. The Labute approximate surface area is 577 Å². The van der Waals surface area contributed by atoms with E-state index in [1.807, 2.05) is 60.7 Å². The van der Waals surface area contributed by atoms with Crippen molar-refractivity contribution in [2.24, 2.45) is 0 Å². The molecule has 0 aliphatic heterocycles. The molecular formula is C93H61N7. The van der Waals surface area contributed by atoms with Gasteiger partial charge in [-0.2, -0.15) is 0 Å². The molecule has 0 bridgehead atoms. The minimum Gasteiger partial charge on any atom is -0.309 e. The van der Waals surface area contributed by atoms with E-state index in [0.29, 0.717) is 17.5 Å². The van der Waals surface area contributed by atoms with Crippen LogP contribution in [0.25, 0.3) is 178 Å². The van der Waals surface area contributed by atoms with Crippen molar-refractivity contribution in [1.82, 2.24) is 33.2 Å². The first kappa shape index (κ1) is 57.9. The standard InChI is InChI=1S/C48H32N2.C45H29N5/c1-3-13-33(14-4-1)35-17-11-19-39(29-35)49-45-23-9-7-21-41(45)43-31-37(25-27-47(43)49)38-26-28-48-44(32-38)42-22-8-10-24-46(42)50(48)40-20-12-18-36(30-40)34-15-5-2-6-16-34;1-4-14-30(15-5-1)43-46-44(31-16-6-2-7-17-31)48-45(47-43)32-24-26-34(27-25-32)50-40-23-13-11-21-36(40)38-28-37-35-20-10-12-22-39(35)49(41(37)29-42(38)50)33-18-8-3-9-19-33/h1-32H;1-29H. The van der Waals surface area contributed by atoms with Gasteiger partial charge in [0.1, 0.15) is 0 Å². The molecule has 5 heterocycles. The lowest BCUT2D eigenvalue weighted by Gasteiger charge is -2.11. The molecule has 20 rings (SSSR count). The van der Waals surface area contributed by atoms with Crippen molar-refractivity contribution < 1.29 is 0 Å². The number of nitrogens with zero attached hydrogens (tertiary/aromatic N) is 7. The zero-order valence-corrected chi connectivity index (χ0v) is 54.3. The van der Waals surface area contributed by atoms with Crippen LogP contribution in [0.3, 0.4) is 0 Å². The van der Waals surface area contributed by atoms with Crippen LogP contribution >= 0.6 is 0 Å². The van der Waals surface area contributed by atoms with Crippen LogP contribution in [-0.2, 0) is 0 Å². The molecule has 0 atom stereocenters. The van der Waals surface area contributed by atoms with Crippen molar-refractivity contribution in [3.8, 4) is 90.3 Å². The van der Waals surface area contributed by atoms with Gasteiger partial charge in [0.05, 0.1) is 44.1 Å². The van der Waals surface area contributed by atoms with Gasteiger partial charge in [0.25, 0.3) is 0 Å². The van der Waals surface area contributed by atoms with Gasteiger partial charge in [0.15, 0.2) is 17.5 Å². The van der Waals surface area contributed by atoms with Gasteiger partial charge in [-0.3, -0.25) is 0 Å². The van der Waals surface area contributed by atoms with E-state index in [1.54, 1.807) is 0 Å². The molecule has 0 unspecified atom stereocenters. The second-order valence-electron chi connectivity index (χ2n) is 25.5. The largest absolute Gasteiger partial charge is 0.309 e. The van der Waals surface area contributed by atoms with Crippen molar-refractivity contribution in [2.45, 2.75) is 0 Å². The van der Waals surface area contributed by atoms with Gasteiger partial charge in [0.2, 0.25) is 0 Å². The van der Waals surface area contributed by atoms with Crippen LogP contribution in [0.2, 0.25) is 0 Å². The average Bonchev–Trinajstić information content (AvgIpc) is 1.56. The van der Waals surface area contributed by atoms with Crippen molar-refractivity contribution in [2.75, 3.05) is 0 Å². The molecule has 0 spiro atoms. The summed E-state index contributed by atoms with van der Waals surface area (Å²) in [5.74, 6) is 1.94. The topological polar surface area (TPSA) is 58.4 Å². The highest BCUT2D eigenvalue weighted by Crippen LogP contribution is 2.43. The number of aromatic nitrogens is 7. The first-order valence-corrected chi connectivity index (χ1v) is 34.0. The summed E-state index contributed by atoms with van der Waals surface area (Å²) >= 11 is 0. The maximum absolute atomic E-state index is 4.95. The van der Waals surface area contributed by atoms with Crippen LogP contribution in [0.4, 0.5) is 0 Å². The van der Waals surface area contributed by atoms with E-state index in [9.17, 15) is 0 Å². The van der Waals surface area contributed by atoms with Crippen molar-refractivity contribution >= 4 is 87.2 Å². The summed E-state index contributed by atoms with van der Waals surface area (Å²) in [6.45, 7) is 0. The van der Waals surface area contributed by atoms with Crippen LogP contribution in [0, 0.1) is 0 Å². The minimum atomic E-state index is 0.639. The predicted molar refractivity (Wildman–Crippen MR) is 416 cm³/mol. The Morgan fingerprint density at radius 1 is 0.140 bits per heavy atom. The summed E-state index contributed by atoms with van der Waals surface area (Å²) in [5.41, 5.74) is 24.2. The highest BCUT2D eigenvalue weighted by molar-refractivity contribution is 6.19. The number of rotatable bonds is 10. The third-order valence-electron chi connectivity index (χ3n) is 19.7. The molecule has 7 heteroatoms. The van der Waals surface area contributed by atoms with E-state index in [0.717, 1.165) is 50.5 Å². The van der Waals surface area contributed by atoms with E-state index in [-0.39, 0.29) is 0 Å². The van der Waals surface area contributed by atoms with Crippen molar-refractivity contribution in [3.05, 3.63) is 370 Å². The summed E-state index contributed by atoms with van der Waals surface area (Å²) in [7, 11) is 0. The van der Waals surface area contributed by atoms with Gasteiger partial charge in [-0.25, -0.2) is 15.0 Å². The molecule has 20 aromatic rings. The fourth-order valence-corrected chi connectivity index (χ4v) is 15.0. The molecule has 0 N–H and O–H groups in total. The number of para-hydroxylation sites is 5. The van der Waals surface area contributed by atoms with E-state index in [4.69, 9.17) is 15.0 Å². The smallest absolute Gasteiger partial charge is 0.164 e. The third-order valence-corrected chi connectivity index (χ3v) is 19.7. The number of fused-ring (bicyclic) bond motifs is 12. The molecule has 0 saturated carbocycles. The molecule has 5 aromatic heterocycles. The third kappa shape index (κ3) is 10.0. The van der Waals surface area contributed by atoms with Gasteiger partial charge in [-0.05, 0) is 155 Å². The summed E-state index contributed by atoms with van der Waals surface area (Å²) in [4.78, 5) is 14.8. The Hall–Kier alpha value is -13.5.